The lowest BCUT2D eigenvalue weighted by Crippen LogP contribution is -2.03. The normalized spacial score (nSPS) is 10.3. The Morgan fingerprint density at radius 2 is 2.00 bits per heavy atom. The molecule has 0 aliphatic carbocycles. The van der Waals surface area contributed by atoms with Crippen LogP contribution >= 0.6 is 15.9 Å². The number of hydrogen-bond donors (Lipinski definition) is 1. The summed E-state index contributed by atoms with van der Waals surface area (Å²) in [5, 5.41) is 2.93. The number of hydrogen-bond acceptors (Lipinski definition) is 2. The summed E-state index contributed by atoms with van der Waals surface area (Å²) in [5.74, 6) is -0.510. The molecule has 2 rings (SSSR count). The summed E-state index contributed by atoms with van der Waals surface area (Å²) in [6.45, 7) is 0.415. The van der Waals surface area contributed by atoms with E-state index in [0.29, 0.717) is 11.0 Å². The lowest BCUT2D eigenvalue weighted by atomic mass is 10.2. The molecule has 100 valence electrons. The highest BCUT2D eigenvalue weighted by Crippen LogP contribution is 2.27. The van der Waals surface area contributed by atoms with Gasteiger partial charge in [0.2, 0.25) is 0 Å². The molecule has 0 unspecified atom stereocenters. The van der Waals surface area contributed by atoms with Gasteiger partial charge < -0.3 is 10.1 Å². The van der Waals surface area contributed by atoms with Gasteiger partial charge in [0.05, 0.1) is 12.8 Å². The summed E-state index contributed by atoms with van der Waals surface area (Å²) in [5.41, 5.74) is 1.18. The summed E-state index contributed by atoms with van der Waals surface area (Å²) in [6.07, 6.45) is 0. The Kier molecular flexibility index (Phi) is 4.37. The molecule has 1 N–H and O–H groups in total. The van der Waals surface area contributed by atoms with E-state index in [2.05, 4.69) is 21.2 Å². The Hall–Kier alpha value is -1.62. The van der Waals surface area contributed by atoms with Crippen molar-refractivity contribution < 1.29 is 13.5 Å². The van der Waals surface area contributed by atoms with Gasteiger partial charge in [-0.1, -0.05) is 12.1 Å². The Balaban J connectivity index is 2.14. The van der Waals surface area contributed by atoms with E-state index in [4.69, 9.17) is 4.74 Å². The van der Waals surface area contributed by atoms with Crippen LogP contribution in [0.2, 0.25) is 0 Å². The second-order valence-electron chi connectivity index (χ2n) is 3.95. The molecule has 0 aliphatic rings. The van der Waals surface area contributed by atoms with Crippen molar-refractivity contribution in [3.05, 3.63) is 58.1 Å². The molecule has 19 heavy (non-hydrogen) atoms. The van der Waals surface area contributed by atoms with Crippen molar-refractivity contribution in [2.75, 3.05) is 12.4 Å². The number of ether oxygens (including phenoxy) is 1. The van der Waals surface area contributed by atoms with Crippen LogP contribution in [-0.2, 0) is 6.54 Å². The van der Waals surface area contributed by atoms with Crippen molar-refractivity contribution in [2.24, 2.45) is 0 Å². The average Bonchev–Trinajstić information content (AvgIpc) is 2.37. The molecule has 0 amide bonds. The topological polar surface area (TPSA) is 21.3 Å². The minimum Gasteiger partial charge on any atom is -0.497 e. The zero-order valence-corrected chi connectivity index (χ0v) is 11.8. The maximum atomic E-state index is 13.6. The Morgan fingerprint density at radius 3 is 2.68 bits per heavy atom. The zero-order chi connectivity index (χ0) is 13.8. The molecule has 0 saturated carbocycles. The fourth-order valence-electron chi connectivity index (χ4n) is 1.68. The highest BCUT2D eigenvalue weighted by Gasteiger charge is 2.09. The van der Waals surface area contributed by atoms with E-state index in [9.17, 15) is 8.78 Å². The molecule has 0 fully saturated rings. The van der Waals surface area contributed by atoms with Gasteiger partial charge in [0.25, 0.3) is 0 Å². The fraction of sp³-hybridized carbons (Fsp3) is 0.143. The number of benzene rings is 2. The molecule has 0 radical (unpaired) electrons. The van der Waals surface area contributed by atoms with E-state index < -0.39 is 11.6 Å². The van der Waals surface area contributed by atoms with Crippen molar-refractivity contribution in [2.45, 2.75) is 6.54 Å². The van der Waals surface area contributed by atoms with Crippen LogP contribution in [0.25, 0.3) is 0 Å². The third kappa shape index (κ3) is 3.44. The molecule has 0 atom stereocenters. The van der Waals surface area contributed by atoms with E-state index in [-0.39, 0.29) is 5.69 Å². The van der Waals surface area contributed by atoms with Crippen molar-refractivity contribution in [1.29, 1.82) is 0 Å². The van der Waals surface area contributed by atoms with Crippen LogP contribution in [-0.4, -0.2) is 7.11 Å². The summed E-state index contributed by atoms with van der Waals surface area (Å²) < 4.78 is 32.0. The number of nitrogens with one attached hydrogen (secondary N) is 1. The van der Waals surface area contributed by atoms with Crippen LogP contribution in [0.5, 0.6) is 5.75 Å². The Labute approximate surface area is 118 Å². The van der Waals surface area contributed by atoms with Gasteiger partial charge in [-0.3, -0.25) is 0 Å². The summed E-state index contributed by atoms with van der Waals surface area (Å²) in [4.78, 5) is 0. The summed E-state index contributed by atoms with van der Waals surface area (Å²) in [7, 11) is 1.59. The first-order chi connectivity index (χ1) is 9.10. The van der Waals surface area contributed by atoms with Gasteiger partial charge in [0, 0.05) is 17.1 Å². The second-order valence-corrected chi connectivity index (χ2v) is 4.80. The van der Waals surface area contributed by atoms with Crippen molar-refractivity contribution in [3.8, 4) is 5.75 Å². The standard InChI is InChI=1S/C14H12BrF2NO/c1-19-11-4-2-3-9(5-11)8-18-14-12(15)6-10(16)7-13(14)17/h2-7,18H,8H2,1H3. The average molecular weight is 328 g/mol. The largest absolute Gasteiger partial charge is 0.497 e. The van der Waals surface area contributed by atoms with Crippen LogP contribution in [0, 0.1) is 11.6 Å². The van der Waals surface area contributed by atoms with E-state index in [1.807, 2.05) is 24.3 Å². The van der Waals surface area contributed by atoms with Gasteiger partial charge >= 0.3 is 0 Å². The molecule has 2 aromatic carbocycles. The van der Waals surface area contributed by atoms with Crippen LogP contribution in [0.3, 0.4) is 0 Å². The van der Waals surface area contributed by atoms with Gasteiger partial charge in [-0.25, -0.2) is 8.78 Å². The second kappa shape index (κ2) is 6.02. The minimum absolute atomic E-state index is 0.240. The van der Waals surface area contributed by atoms with Gasteiger partial charge in [-0.15, -0.1) is 0 Å². The summed E-state index contributed by atoms with van der Waals surface area (Å²) >= 11 is 3.13. The Bertz CT molecular complexity index is 566. The van der Waals surface area contributed by atoms with Crippen LogP contribution in [0.1, 0.15) is 5.56 Å². The monoisotopic (exact) mass is 327 g/mol. The SMILES string of the molecule is COc1cccc(CNc2c(F)cc(F)cc2Br)c1. The molecule has 2 aromatic rings. The highest BCUT2D eigenvalue weighted by atomic mass is 79.9. The Morgan fingerprint density at radius 1 is 1.21 bits per heavy atom. The van der Waals surface area contributed by atoms with Crippen LogP contribution in [0.4, 0.5) is 14.5 Å². The fourth-order valence-corrected chi connectivity index (χ4v) is 2.23. The maximum absolute atomic E-state index is 13.6. The maximum Gasteiger partial charge on any atom is 0.150 e. The van der Waals surface area contributed by atoms with Crippen molar-refractivity contribution in [1.82, 2.24) is 0 Å². The lowest BCUT2D eigenvalue weighted by Gasteiger charge is -2.10. The first-order valence-corrected chi connectivity index (χ1v) is 6.41. The lowest BCUT2D eigenvalue weighted by molar-refractivity contribution is 0.414. The van der Waals surface area contributed by atoms with Crippen molar-refractivity contribution >= 4 is 21.6 Å². The third-order valence-corrected chi connectivity index (χ3v) is 3.24. The predicted octanol–water partition coefficient (Wildman–Crippen LogP) is 4.35. The molecule has 0 aliphatic heterocycles. The smallest absolute Gasteiger partial charge is 0.150 e. The molecular formula is C14H12BrF2NO. The molecule has 0 spiro atoms. The minimum atomic E-state index is -0.630. The number of rotatable bonds is 4. The third-order valence-electron chi connectivity index (χ3n) is 2.61. The number of methoxy groups -OCH3 is 1. The number of halogens is 3. The van der Waals surface area contributed by atoms with Gasteiger partial charge in [-0.2, -0.15) is 0 Å². The molecular weight excluding hydrogens is 316 g/mol. The molecule has 5 heteroatoms. The van der Waals surface area contributed by atoms with E-state index >= 15 is 0 Å². The molecule has 0 heterocycles. The quantitative estimate of drug-likeness (QED) is 0.901. The van der Waals surface area contributed by atoms with Crippen molar-refractivity contribution in [3.63, 3.8) is 0 Å². The highest BCUT2D eigenvalue weighted by molar-refractivity contribution is 9.10. The predicted molar refractivity (Wildman–Crippen MR) is 74.4 cm³/mol. The van der Waals surface area contributed by atoms with E-state index in [1.165, 1.54) is 6.07 Å². The number of anilines is 1. The molecule has 0 aromatic heterocycles. The van der Waals surface area contributed by atoms with Gasteiger partial charge in [0.15, 0.2) is 0 Å². The molecule has 0 saturated heterocycles. The summed E-state index contributed by atoms with van der Waals surface area (Å²) in [6, 6.07) is 9.49. The van der Waals surface area contributed by atoms with Crippen LogP contribution in [0.15, 0.2) is 40.9 Å². The zero-order valence-electron chi connectivity index (χ0n) is 10.2. The molecule has 2 nitrogen and oxygen atoms in total. The van der Waals surface area contributed by atoms with Gasteiger partial charge in [-0.05, 0) is 39.7 Å². The van der Waals surface area contributed by atoms with Crippen LogP contribution < -0.4 is 10.1 Å². The first-order valence-electron chi connectivity index (χ1n) is 5.61. The van der Waals surface area contributed by atoms with E-state index in [0.717, 1.165) is 17.4 Å². The molecule has 0 bridgehead atoms. The van der Waals surface area contributed by atoms with E-state index in [1.54, 1.807) is 7.11 Å². The first kappa shape index (κ1) is 13.8. The van der Waals surface area contributed by atoms with Gasteiger partial charge in [0.1, 0.15) is 17.4 Å².